The van der Waals surface area contributed by atoms with E-state index in [4.69, 9.17) is 4.74 Å². The highest BCUT2D eigenvalue weighted by molar-refractivity contribution is 5.98. The Bertz CT molecular complexity index is 946. The van der Waals surface area contributed by atoms with Crippen LogP contribution in [0.15, 0.2) is 42.5 Å². The fraction of sp³-hybridized carbons (Fsp3) is 0.318. The molecule has 2 atom stereocenters. The van der Waals surface area contributed by atoms with Crippen molar-refractivity contribution < 1.29 is 27.9 Å². The van der Waals surface area contributed by atoms with Crippen LogP contribution in [0, 0.1) is 24.5 Å². The summed E-state index contributed by atoms with van der Waals surface area (Å²) in [6.07, 6.45) is -1.20. The largest absolute Gasteiger partial charge is 0.451 e. The normalized spacial score (nSPS) is 12.8. The van der Waals surface area contributed by atoms with Crippen molar-refractivity contribution in [2.24, 2.45) is 5.92 Å². The molecule has 0 radical (unpaired) electrons. The minimum Gasteiger partial charge on any atom is -0.451 e. The number of ether oxygens (including phenoxy) is 1. The Balaban J connectivity index is 2.02. The first-order valence-electron chi connectivity index (χ1n) is 9.43. The summed E-state index contributed by atoms with van der Waals surface area (Å²) in [5.41, 5.74) is 0.445. The maximum Gasteiger partial charge on any atom is 0.329 e. The van der Waals surface area contributed by atoms with Crippen LogP contribution in [0.5, 0.6) is 0 Å². The predicted octanol–water partition coefficient (Wildman–Crippen LogP) is 3.60. The maximum atomic E-state index is 13.8. The van der Waals surface area contributed by atoms with Gasteiger partial charge in [-0.25, -0.2) is 13.6 Å². The molecule has 160 valence electrons. The average Bonchev–Trinajstić information content (AvgIpc) is 2.68. The number of hydrogen-bond acceptors (Lipinski definition) is 4. The summed E-state index contributed by atoms with van der Waals surface area (Å²) in [5, 5.41) is 4.91. The van der Waals surface area contributed by atoms with Crippen molar-refractivity contribution in [2.75, 3.05) is 5.32 Å². The second-order valence-electron chi connectivity index (χ2n) is 7.21. The van der Waals surface area contributed by atoms with Gasteiger partial charge in [-0.15, -0.1) is 0 Å². The summed E-state index contributed by atoms with van der Waals surface area (Å²) >= 11 is 0. The zero-order valence-electron chi connectivity index (χ0n) is 17.2. The van der Waals surface area contributed by atoms with E-state index >= 15 is 0 Å². The van der Waals surface area contributed by atoms with Gasteiger partial charge < -0.3 is 15.4 Å². The second kappa shape index (κ2) is 9.96. The van der Waals surface area contributed by atoms with Gasteiger partial charge in [0.05, 0.1) is 5.56 Å². The van der Waals surface area contributed by atoms with Gasteiger partial charge in [-0.3, -0.25) is 9.59 Å². The number of amides is 2. The van der Waals surface area contributed by atoms with Crippen molar-refractivity contribution >= 4 is 23.5 Å². The number of carbonyl (C=O) groups excluding carboxylic acids is 3. The van der Waals surface area contributed by atoms with Crippen molar-refractivity contribution in [3.05, 3.63) is 65.2 Å². The van der Waals surface area contributed by atoms with E-state index in [1.165, 1.54) is 37.3 Å². The van der Waals surface area contributed by atoms with Crippen molar-refractivity contribution in [2.45, 2.75) is 39.8 Å². The number of anilines is 1. The molecule has 0 heterocycles. The molecule has 6 nitrogen and oxygen atoms in total. The van der Waals surface area contributed by atoms with Crippen LogP contribution in [0.2, 0.25) is 0 Å². The predicted molar refractivity (Wildman–Crippen MR) is 108 cm³/mol. The number of nitrogens with one attached hydrogen (secondary N) is 2. The Morgan fingerprint density at radius 1 is 0.967 bits per heavy atom. The van der Waals surface area contributed by atoms with Gasteiger partial charge in [0.2, 0.25) is 0 Å². The van der Waals surface area contributed by atoms with Gasteiger partial charge in [-0.1, -0.05) is 32.0 Å². The Kier molecular flexibility index (Phi) is 7.63. The first-order chi connectivity index (χ1) is 14.1. The third-order valence-corrected chi connectivity index (χ3v) is 4.43. The molecular weight excluding hydrogens is 394 g/mol. The lowest BCUT2D eigenvalue weighted by Crippen LogP contribution is -2.47. The fourth-order valence-corrected chi connectivity index (χ4v) is 2.58. The molecule has 8 heteroatoms. The first kappa shape index (κ1) is 23.0. The summed E-state index contributed by atoms with van der Waals surface area (Å²) in [7, 11) is 0. The van der Waals surface area contributed by atoms with E-state index in [1.807, 2.05) is 0 Å². The lowest BCUT2D eigenvalue weighted by atomic mass is 10.0. The SMILES string of the molecule is Cc1ccc(NC(=O)[C@@H](C)OC(=O)[C@@H](NC(=O)c2ccccc2F)C(C)C)cc1F. The molecule has 0 fully saturated rings. The van der Waals surface area contributed by atoms with Crippen LogP contribution in [-0.4, -0.2) is 29.9 Å². The van der Waals surface area contributed by atoms with E-state index in [2.05, 4.69) is 10.6 Å². The average molecular weight is 418 g/mol. The van der Waals surface area contributed by atoms with Crippen LogP contribution in [0.4, 0.5) is 14.5 Å². The van der Waals surface area contributed by atoms with Crippen molar-refractivity contribution in [1.29, 1.82) is 0 Å². The molecule has 2 aromatic rings. The van der Waals surface area contributed by atoms with Crippen LogP contribution in [0.3, 0.4) is 0 Å². The lowest BCUT2D eigenvalue weighted by molar-refractivity contribution is -0.156. The first-order valence-corrected chi connectivity index (χ1v) is 9.43. The van der Waals surface area contributed by atoms with E-state index in [9.17, 15) is 23.2 Å². The molecule has 0 aliphatic heterocycles. The topological polar surface area (TPSA) is 84.5 Å². The lowest BCUT2D eigenvalue weighted by Gasteiger charge is -2.23. The van der Waals surface area contributed by atoms with Gasteiger partial charge in [0.15, 0.2) is 6.10 Å². The van der Waals surface area contributed by atoms with E-state index in [0.717, 1.165) is 12.1 Å². The number of esters is 1. The van der Waals surface area contributed by atoms with Gasteiger partial charge in [0.25, 0.3) is 11.8 Å². The zero-order valence-corrected chi connectivity index (χ0v) is 17.2. The standard InChI is InChI=1S/C22H24F2N2O4/c1-12(2)19(26-21(28)16-7-5-6-8-17(16)23)22(29)30-14(4)20(27)25-15-10-9-13(3)18(24)11-15/h5-12,14,19H,1-4H3,(H,25,27)(H,26,28)/t14-,19+/m1/s1. The molecule has 2 aromatic carbocycles. The Morgan fingerprint density at radius 3 is 2.23 bits per heavy atom. The van der Waals surface area contributed by atoms with Crippen molar-refractivity contribution in [1.82, 2.24) is 5.32 Å². The Morgan fingerprint density at radius 2 is 1.63 bits per heavy atom. The number of carbonyl (C=O) groups is 3. The van der Waals surface area contributed by atoms with Gasteiger partial charge in [0, 0.05) is 5.69 Å². The maximum absolute atomic E-state index is 13.8. The third kappa shape index (κ3) is 5.85. The molecule has 30 heavy (non-hydrogen) atoms. The molecule has 0 aliphatic carbocycles. The minimum absolute atomic E-state index is 0.205. The smallest absolute Gasteiger partial charge is 0.329 e. The van der Waals surface area contributed by atoms with Crippen molar-refractivity contribution in [3.63, 3.8) is 0 Å². The Hall–Kier alpha value is -3.29. The van der Waals surface area contributed by atoms with Gasteiger partial charge in [-0.05, 0) is 49.6 Å². The monoisotopic (exact) mass is 418 g/mol. The number of halogens is 2. The second-order valence-corrected chi connectivity index (χ2v) is 7.21. The molecule has 0 aromatic heterocycles. The van der Waals surface area contributed by atoms with Crippen LogP contribution in [0.25, 0.3) is 0 Å². The van der Waals surface area contributed by atoms with Crippen LogP contribution < -0.4 is 10.6 Å². The van der Waals surface area contributed by atoms with Crippen LogP contribution in [-0.2, 0) is 14.3 Å². The highest BCUT2D eigenvalue weighted by Gasteiger charge is 2.30. The quantitative estimate of drug-likeness (QED) is 0.673. The number of rotatable bonds is 7. The molecule has 0 spiro atoms. The molecule has 0 bridgehead atoms. The molecule has 2 amide bonds. The van der Waals surface area contributed by atoms with E-state index in [-0.39, 0.29) is 17.2 Å². The van der Waals surface area contributed by atoms with E-state index in [1.54, 1.807) is 20.8 Å². The fourth-order valence-electron chi connectivity index (χ4n) is 2.58. The van der Waals surface area contributed by atoms with E-state index < -0.39 is 41.6 Å². The van der Waals surface area contributed by atoms with Crippen LogP contribution >= 0.6 is 0 Å². The van der Waals surface area contributed by atoms with Crippen molar-refractivity contribution in [3.8, 4) is 0 Å². The van der Waals surface area contributed by atoms with Gasteiger partial charge in [0.1, 0.15) is 17.7 Å². The molecular formula is C22H24F2N2O4. The molecule has 0 saturated carbocycles. The highest BCUT2D eigenvalue weighted by atomic mass is 19.1. The molecule has 2 N–H and O–H groups in total. The van der Waals surface area contributed by atoms with Gasteiger partial charge >= 0.3 is 5.97 Å². The molecule has 0 unspecified atom stereocenters. The molecule has 0 saturated heterocycles. The van der Waals surface area contributed by atoms with Gasteiger partial charge in [-0.2, -0.15) is 0 Å². The van der Waals surface area contributed by atoms with Crippen LogP contribution in [0.1, 0.15) is 36.7 Å². The number of aryl methyl sites for hydroxylation is 1. The summed E-state index contributed by atoms with van der Waals surface area (Å²) in [5.74, 6) is -3.84. The summed E-state index contributed by atoms with van der Waals surface area (Å²) in [4.78, 5) is 37.1. The molecule has 0 aliphatic rings. The van der Waals surface area contributed by atoms with E-state index in [0.29, 0.717) is 5.56 Å². The third-order valence-electron chi connectivity index (χ3n) is 4.43. The zero-order chi connectivity index (χ0) is 22.4. The number of benzene rings is 2. The highest BCUT2D eigenvalue weighted by Crippen LogP contribution is 2.15. The Labute approximate surface area is 173 Å². The minimum atomic E-state index is -1.20. The summed E-state index contributed by atoms with van der Waals surface area (Å²) < 4.78 is 32.6. The summed E-state index contributed by atoms with van der Waals surface area (Å²) in [6, 6.07) is 8.48. The summed E-state index contributed by atoms with van der Waals surface area (Å²) in [6.45, 7) is 6.29. The molecule has 2 rings (SSSR count). The number of hydrogen-bond donors (Lipinski definition) is 2.